The molecule has 3 heterocycles. The van der Waals surface area contributed by atoms with Gasteiger partial charge in [-0.05, 0) is 49.3 Å². The minimum atomic E-state index is -0.464. The molecule has 0 spiro atoms. The van der Waals surface area contributed by atoms with Crippen LogP contribution in [0.5, 0.6) is 0 Å². The Balaban J connectivity index is 1.15. The van der Waals surface area contributed by atoms with Gasteiger partial charge in [0.05, 0.1) is 6.10 Å². The van der Waals surface area contributed by atoms with Crippen molar-refractivity contribution in [1.29, 1.82) is 0 Å². The largest absolute Gasteiger partial charge is 0.391 e. The van der Waals surface area contributed by atoms with Crippen LogP contribution in [0.2, 0.25) is 0 Å². The molecular weight excluding hydrogens is 444 g/mol. The summed E-state index contributed by atoms with van der Waals surface area (Å²) in [7, 11) is 0. The minimum Gasteiger partial charge on any atom is -0.391 e. The Kier molecular flexibility index (Phi) is 6.97. The molecule has 2 aliphatic heterocycles. The fraction of sp³-hybridized carbons (Fsp3) is 0.538. The number of carbonyl (C=O) groups is 2. The summed E-state index contributed by atoms with van der Waals surface area (Å²) in [6, 6.07) is 10.2. The molecule has 0 radical (unpaired) electrons. The van der Waals surface area contributed by atoms with Crippen molar-refractivity contribution in [2.75, 3.05) is 25.0 Å². The van der Waals surface area contributed by atoms with Gasteiger partial charge in [0.15, 0.2) is 0 Å². The Bertz CT molecular complexity index is 1070. The highest BCUT2D eigenvalue weighted by atomic mass is 16.3. The van der Waals surface area contributed by atoms with Crippen molar-refractivity contribution in [1.82, 2.24) is 25.1 Å². The predicted octanol–water partition coefficient (Wildman–Crippen LogP) is 1.58. The molecule has 1 saturated carbocycles. The SMILES string of the molecule is CC(=O)N1CCC(Nc2nccc(C(=O)NC3CC(O)C(N4CCc5ccccc5C4)C3)n2)CC1. The molecule has 9 nitrogen and oxygen atoms in total. The van der Waals surface area contributed by atoms with E-state index in [4.69, 9.17) is 0 Å². The fourth-order valence-corrected chi connectivity index (χ4v) is 5.64. The Hall–Kier alpha value is -3.04. The van der Waals surface area contributed by atoms with Crippen LogP contribution in [0.1, 0.15) is 54.2 Å². The van der Waals surface area contributed by atoms with Crippen molar-refractivity contribution in [3.63, 3.8) is 0 Å². The third-order valence-electron chi connectivity index (χ3n) is 7.62. The van der Waals surface area contributed by atoms with E-state index in [1.807, 2.05) is 4.90 Å². The molecule has 3 N–H and O–H groups in total. The number of nitrogens with one attached hydrogen (secondary N) is 2. The van der Waals surface area contributed by atoms with Gasteiger partial charge in [-0.2, -0.15) is 0 Å². The molecular formula is C26H34N6O3. The lowest BCUT2D eigenvalue weighted by Crippen LogP contribution is -2.43. The molecule has 5 rings (SSSR count). The van der Waals surface area contributed by atoms with Crippen LogP contribution in [0.15, 0.2) is 36.5 Å². The summed E-state index contributed by atoms with van der Waals surface area (Å²) in [5.41, 5.74) is 3.03. The van der Waals surface area contributed by atoms with E-state index < -0.39 is 6.10 Å². The first-order chi connectivity index (χ1) is 17.0. The predicted molar refractivity (Wildman–Crippen MR) is 132 cm³/mol. The Morgan fingerprint density at radius 3 is 2.57 bits per heavy atom. The van der Waals surface area contributed by atoms with Crippen LogP contribution in [-0.2, 0) is 17.8 Å². The van der Waals surface area contributed by atoms with Crippen molar-refractivity contribution >= 4 is 17.8 Å². The molecule has 3 atom stereocenters. The van der Waals surface area contributed by atoms with Gasteiger partial charge in [-0.25, -0.2) is 9.97 Å². The van der Waals surface area contributed by atoms with Gasteiger partial charge in [0.1, 0.15) is 5.69 Å². The molecule has 1 aromatic carbocycles. The number of fused-ring (bicyclic) bond motifs is 1. The summed E-state index contributed by atoms with van der Waals surface area (Å²) in [5.74, 6) is 0.279. The number of likely N-dealkylation sites (tertiary alicyclic amines) is 1. The summed E-state index contributed by atoms with van der Waals surface area (Å²) in [6.45, 7) is 4.77. The first-order valence-electron chi connectivity index (χ1n) is 12.6. The second-order valence-electron chi connectivity index (χ2n) is 9.96. The molecule has 0 bridgehead atoms. The second-order valence-corrected chi connectivity index (χ2v) is 9.96. The average molecular weight is 479 g/mol. The highest BCUT2D eigenvalue weighted by Gasteiger charge is 2.38. The molecule has 2 aromatic rings. The molecule has 1 aliphatic carbocycles. The summed E-state index contributed by atoms with van der Waals surface area (Å²) in [6.07, 6.45) is 5.02. The monoisotopic (exact) mass is 478 g/mol. The molecule has 3 unspecified atom stereocenters. The molecule has 2 amide bonds. The Labute approximate surface area is 205 Å². The van der Waals surface area contributed by atoms with Crippen LogP contribution < -0.4 is 10.6 Å². The van der Waals surface area contributed by atoms with Crippen molar-refractivity contribution in [2.24, 2.45) is 0 Å². The van der Waals surface area contributed by atoms with Gasteiger partial charge < -0.3 is 20.6 Å². The number of rotatable bonds is 5. The van der Waals surface area contributed by atoms with Crippen LogP contribution in [0.3, 0.4) is 0 Å². The Morgan fingerprint density at radius 1 is 1.03 bits per heavy atom. The Morgan fingerprint density at radius 2 is 1.80 bits per heavy atom. The van der Waals surface area contributed by atoms with Crippen LogP contribution >= 0.6 is 0 Å². The van der Waals surface area contributed by atoms with Gasteiger partial charge in [0.2, 0.25) is 11.9 Å². The lowest BCUT2D eigenvalue weighted by molar-refractivity contribution is -0.129. The standard InChI is InChI=1S/C26H34N6O3/c1-17(33)31-12-8-20(9-13-31)29-26-27-10-6-22(30-26)25(35)28-21-14-23(24(34)15-21)32-11-7-18-4-2-3-5-19(18)16-32/h2-6,10,20-21,23-24,34H,7-9,11-16H2,1H3,(H,28,35)(H,27,29,30). The van der Waals surface area contributed by atoms with E-state index in [9.17, 15) is 14.7 Å². The van der Waals surface area contributed by atoms with Gasteiger partial charge in [-0.15, -0.1) is 0 Å². The number of hydrogen-bond donors (Lipinski definition) is 3. The summed E-state index contributed by atoms with van der Waals surface area (Å²) in [5, 5.41) is 17.2. The van der Waals surface area contributed by atoms with E-state index in [1.54, 1.807) is 19.2 Å². The molecule has 2 fully saturated rings. The second kappa shape index (κ2) is 10.3. The highest BCUT2D eigenvalue weighted by molar-refractivity contribution is 5.92. The van der Waals surface area contributed by atoms with Gasteiger partial charge in [-0.1, -0.05) is 24.3 Å². The molecule has 3 aliphatic rings. The average Bonchev–Trinajstić information content (AvgIpc) is 3.24. The molecule has 1 saturated heterocycles. The quantitative estimate of drug-likeness (QED) is 0.598. The van der Waals surface area contributed by atoms with Gasteiger partial charge in [0.25, 0.3) is 5.91 Å². The zero-order valence-corrected chi connectivity index (χ0v) is 20.2. The number of hydrogen-bond acceptors (Lipinski definition) is 7. The lowest BCUT2D eigenvalue weighted by atomic mass is 9.98. The third-order valence-corrected chi connectivity index (χ3v) is 7.62. The number of carbonyl (C=O) groups excluding carboxylic acids is 2. The van der Waals surface area contributed by atoms with Crippen molar-refractivity contribution < 1.29 is 14.7 Å². The number of aliphatic hydroxyl groups excluding tert-OH is 1. The third kappa shape index (κ3) is 5.46. The maximum atomic E-state index is 12.9. The molecule has 9 heteroatoms. The normalized spacial score (nSPS) is 25.2. The van der Waals surface area contributed by atoms with Gasteiger partial charge in [0, 0.05) is 57.4 Å². The molecule has 35 heavy (non-hydrogen) atoms. The fourth-order valence-electron chi connectivity index (χ4n) is 5.64. The highest BCUT2D eigenvalue weighted by Crippen LogP contribution is 2.29. The number of aromatic nitrogens is 2. The van der Waals surface area contributed by atoms with Crippen molar-refractivity contribution in [2.45, 2.75) is 69.8 Å². The number of anilines is 1. The number of benzene rings is 1. The van der Waals surface area contributed by atoms with Crippen LogP contribution in [0, 0.1) is 0 Å². The minimum absolute atomic E-state index is 0.0390. The van der Waals surface area contributed by atoms with Crippen molar-refractivity contribution in [3.8, 4) is 0 Å². The zero-order valence-electron chi connectivity index (χ0n) is 20.2. The van der Waals surface area contributed by atoms with Crippen LogP contribution in [-0.4, -0.2) is 80.6 Å². The first kappa shape index (κ1) is 23.7. The van der Waals surface area contributed by atoms with E-state index in [-0.39, 0.29) is 29.9 Å². The van der Waals surface area contributed by atoms with Gasteiger partial charge in [-0.3, -0.25) is 14.5 Å². The number of piperidine rings is 1. The van der Waals surface area contributed by atoms with E-state index in [2.05, 4.69) is 49.8 Å². The van der Waals surface area contributed by atoms with E-state index >= 15 is 0 Å². The number of amides is 2. The summed E-state index contributed by atoms with van der Waals surface area (Å²) >= 11 is 0. The van der Waals surface area contributed by atoms with E-state index in [0.717, 1.165) is 38.8 Å². The number of nitrogens with zero attached hydrogens (tertiary/aromatic N) is 4. The maximum absolute atomic E-state index is 12.9. The van der Waals surface area contributed by atoms with Crippen LogP contribution in [0.25, 0.3) is 0 Å². The molecule has 186 valence electrons. The maximum Gasteiger partial charge on any atom is 0.270 e. The van der Waals surface area contributed by atoms with Crippen LogP contribution in [0.4, 0.5) is 5.95 Å². The topological polar surface area (TPSA) is 111 Å². The summed E-state index contributed by atoms with van der Waals surface area (Å²) in [4.78, 5) is 37.4. The number of aliphatic hydroxyl groups is 1. The lowest BCUT2D eigenvalue weighted by Gasteiger charge is -2.35. The van der Waals surface area contributed by atoms with Gasteiger partial charge >= 0.3 is 0 Å². The first-order valence-corrected chi connectivity index (χ1v) is 12.6. The zero-order chi connectivity index (χ0) is 24.4. The summed E-state index contributed by atoms with van der Waals surface area (Å²) < 4.78 is 0. The smallest absolute Gasteiger partial charge is 0.270 e. The molecule has 1 aromatic heterocycles. The van der Waals surface area contributed by atoms with E-state index in [1.165, 1.54) is 11.1 Å². The van der Waals surface area contributed by atoms with E-state index in [0.29, 0.717) is 31.2 Å². The van der Waals surface area contributed by atoms with Crippen molar-refractivity contribution in [3.05, 3.63) is 53.3 Å².